The zero-order valence-electron chi connectivity index (χ0n) is 12.3. The third-order valence-electron chi connectivity index (χ3n) is 3.46. The second-order valence-corrected chi connectivity index (χ2v) is 5.24. The number of hydrogen-bond acceptors (Lipinski definition) is 2. The van der Waals surface area contributed by atoms with Crippen LogP contribution >= 0.6 is 0 Å². The van der Waals surface area contributed by atoms with Crippen LogP contribution in [0, 0.1) is 13.8 Å². The van der Waals surface area contributed by atoms with Gasteiger partial charge < -0.3 is 5.32 Å². The number of aryl methyl sites for hydroxylation is 2. The fourth-order valence-electron chi connectivity index (χ4n) is 2.40. The van der Waals surface area contributed by atoms with E-state index < -0.39 is 0 Å². The largest absolute Gasteiger partial charge is 0.310 e. The number of carbonyl (C=O) groups is 1. The molecule has 2 aromatic heterocycles. The summed E-state index contributed by atoms with van der Waals surface area (Å²) in [6.45, 7) is 5.57. The van der Waals surface area contributed by atoms with Crippen molar-refractivity contribution in [2.45, 2.75) is 20.8 Å². The molecule has 1 amide bonds. The minimum absolute atomic E-state index is 0.105. The molecule has 0 spiro atoms. The summed E-state index contributed by atoms with van der Waals surface area (Å²) in [7, 11) is 0. The smallest absolute Gasteiger partial charge is 0.222 e. The summed E-state index contributed by atoms with van der Waals surface area (Å²) in [5.41, 5.74) is 4.91. The molecule has 2 heterocycles. The van der Waals surface area contributed by atoms with E-state index in [0.717, 1.165) is 22.5 Å². The second kappa shape index (κ2) is 5.05. The van der Waals surface area contributed by atoms with Gasteiger partial charge in [0, 0.05) is 18.7 Å². The van der Waals surface area contributed by atoms with Crippen LogP contribution in [0.5, 0.6) is 0 Å². The lowest BCUT2D eigenvalue weighted by molar-refractivity contribution is -0.114. The third-order valence-corrected chi connectivity index (χ3v) is 3.46. The minimum Gasteiger partial charge on any atom is -0.310 e. The van der Waals surface area contributed by atoms with Gasteiger partial charge in [-0.1, -0.05) is 35.9 Å². The Morgan fingerprint density at radius 1 is 1.14 bits per heavy atom. The molecular formula is C17H17N3O. The van der Waals surface area contributed by atoms with Gasteiger partial charge in [0.25, 0.3) is 0 Å². The monoisotopic (exact) mass is 279 g/mol. The number of hydrogen-bond donors (Lipinski definition) is 1. The molecule has 0 saturated heterocycles. The van der Waals surface area contributed by atoms with E-state index in [9.17, 15) is 4.79 Å². The lowest BCUT2D eigenvalue weighted by atomic mass is 10.1. The first-order chi connectivity index (χ1) is 10.1. The van der Waals surface area contributed by atoms with Crippen molar-refractivity contribution in [2.24, 2.45) is 0 Å². The Hall–Kier alpha value is -2.62. The summed E-state index contributed by atoms with van der Waals surface area (Å²) < 4.78 is 1.92. The van der Waals surface area contributed by atoms with Crippen LogP contribution in [0.3, 0.4) is 0 Å². The predicted molar refractivity (Wildman–Crippen MR) is 84.4 cm³/mol. The van der Waals surface area contributed by atoms with Crippen LogP contribution in [-0.2, 0) is 4.79 Å². The van der Waals surface area contributed by atoms with Gasteiger partial charge in [-0.05, 0) is 25.5 Å². The minimum atomic E-state index is -0.105. The molecule has 0 radical (unpaired) electrons. The number of amides is 1. The molecule has 0 fully saturated rings. The summed E-state index contributed by atoms with van der Waals surface area (Å²) in [5, 5.41) is 2.90. The van der Waals surface area contributed by atoms with E-state index in [1.165, 1.54) is 12.5 Å². The Morgan fingerprint density at radius 3 is 2.52 bits per heavy atom. The predicted octanol–water partition coefficient (Wildman–Crippen LogP) is 3.58. The van der Waals surface area contributed by atoms with Crippen LogP contribution in [-0.4, -0.2) is 15.3 Å². The highest BCUT2D eigenvalue weighted by molar-refractivity contribution is 5.93. The Bertz CT molecular complexity index is 816. The van der Waals surface area contributed by atoms with Crippen LogP contribution in [0.4, 0.5) is 5.82 Å². The first-order valence-corrected chi connectivity index (χ1v) is 6.88. The SMILES string of the molecule is CC(=O)Nc1c(-c2ccc(C)cc2)nc2c(C)cccn12. The Labute approximate surface area is 123 Å². The van der Waals surface area contributed by atoms with Gasteiger partial charge in [0.05, 0.1) is 0 Å². The van der Waals surface area contributed by atoms with Crippen LogP contribution in [0.15, 0.2) is 42.6 Å². The third kappa shape index (κ3) is 2.40. The first kappa shape index (κ1) is 13.4. The van der Waals surface area contributed by atoms with Crippen LogP contribution in [0.2, 0.25) is 0 Å². The number of imidazole rings is 1. The molecule has 1 N–H and O–H groups in total. The number of nitrogens with one attached hydrogen (secondary N) is 1. The molecule has 4 heteroatoms. The van der Waals surface area contributed by atoms with E-state index >= 15 is 0 Å². The molecule has 3 rings (SSSR count). The summed E-state index contributed by atoms with van der Waals surface area (Å²) in [5.74, 6) is 0.608. The summed E-state index contributed by atoms with van der Waals surface area (Å²) in [4.78, 5) is 16.2. The van der Waals surface area contributed by atoms with Crippen molar-refractivity contribution in [3.8, 4) is 11.3 Å². The summed E-state index contributed by atoms with van der Waals surface area (Å²) >= 11 is 0. The Balaban J connectivity index is 2.27. The molecule has 0 aliphatic rings. The lowest BCUT2D eigenvalue weighted by Crippen LogP contribution is -2.09. The number of fused-ring (bicyclic) bond motifs is 1. The average molecular weight is 279 g/mol. The number of benzene rings is 1. The van der Waals surface area contributed by atoms with E-state index in [1.54, 1.807) is 0 Å². The maximum atomic E-state index is 11.5. The Kier molecular flexibility index (Phi) is 3.22. The summed E-state index contributed by atoms with van der Waals surface area (Å²) in [6, 6.07) is 12.1. The molecular weight excluding hydrogens is 262 g/mol. The van der Waals surface area contributed by atoms with Crippen molar-refractivity contribution in [3.05, 3.63) is 53.7 Å². The maximum Gasteiger partial charge on any atom is 0.222 e. The maximum absolute atomic E-state index is 11.5. The van der Waals surface area contributed by atoms with E-state index in [-0.39, 0.29) is 5.91 Å². The van der Waals surface area contributed by atoms with Gasteiger partial charge in [0.1, 0.15) is 17.2 Å². The normalized spacial score (nSPS) is 10.8. The average Bonchev–Trinajstić information content (AvgIpc) is 2.80. The summed E-state index contributed by atoms with van der Waals surface area (Å²) in [6.07, 6.45) is 1.91. The van der Waals surface area contributed by atoms with Crippen molar-refractivity contribution < 1.29 is 4.79 Å². The van der Waals surface area contributed by atoms with Crippen molar-refractivity contribution in [1.82, 2.24) is 9.38 Å². The molecule has 106 valence electrons. The van der Waals surface area contributed by atoms with Gasteiger partial charge in [0.15, 0.2) is 0 Å². The number of aromatic nitrogens is 2. The quantitative estimate of drug-likeness (QED) is 0.779. The number of rotatable bonds is 2. The van der Waals surface area contributed by atoms with Gasteiger partial charge in [-0.2, -0.15) is 0 Å². The zero-order valence-corrected chi connectivity index (χ0v) is 12.3. The first-order valence-electron chi connectivity index (χ1n) is 6.88. The second-order valence-electron chi connectivity index (χ2n) is 5.24. The Morgan fingerprint density at radius 2 is 1.86 bits per heavy atom. The number of anilines is 1. The van der Waals surface area contributed by atoms with Crippen LogP contribution < -0.4 is 5.32 Å². The molecule has 0 aliphatic carbocycles. The van der Waals surface area contributed by atoms with Crippen LogP contribution in [0.1, 0.15) is 18.1 Å². The molecule has 3 aromatic rings. The van der Waals surface area contributed by atoms with Crippen LogP contribution in [0.25, 0.3) is 16.9 Å². The molecule has 1 aromatic carbocycles. The van der Waals surface area contributed by atoms with Crippen molar-refractivity contribution in [3.63, 3.8) is 0 Å². The topological polar surface area (TPSA) is 46.4 Å². The van der Waals surface area contributed by atoms with Crippen molar-refractivity contribution >= 4 is 17.4 Å². The van der Waals surface area contributed by atoms with E-state index in [2.05, 4.69) is 5.32 Å². The van der Waals surface area contributed by atoms with E-state index in [1.807, 2.05) is 60.8 Å². The van der Waals surface area contributed by atoms with Gasteiger partial charge in [-0.3, -0.25) is 9.20 Å². The lowest BCUT2D eigenvalue weighted by Gasteiger charge is -2.06. The highest BCUT2D eigenvalue weighted by Gasteiger charge is 2.15. The molecule has 0 aliphatic heterocycles. The zero-order chi connectivity index (χ0) is 15.0. The van der Waals surface area contributed by atoms with Crippen molar-refractivity contribution in [1.29, 1.82) is 0 Å². The fraction of sp³-hybridized carbons (Fsp3) is 0.176. The van der Waals surface area contributed by atoms with E-state index in [0.29, 0.717) is 5.82 Å². The van der Waals surface area contributed by atoms with Crippen molar-refractivity contribution in [2.75, 3.05) is 5.32 Å². The van der Waals surface area contributed by atoms with Gasteiger partial charge in [-0.15, -0.1) is 0 Å². The molecule has 0 unspecified atom stereocenters. The standard InChI is InChI=1S/C17H17N3O/c1-11-6-8-14(9-7-11)15-17(18-13(3)21)20-10-4-5-12(2)16(20)19-15/h4-10H,1-3H3,(H,18,21). The fourth-order valence-corrected chi connectivity index (χ4v) is 2.40. The molecule has 0 saturated carbocycles. The van der Waals surface area contributed by atoms with Gasteiger partial charge in [0.2, 0.25) is 5.91 Å². The number of pyridine rings is 1. The highest BCUT2D eigenvalue weighted by Crippen LogP contribution is 2.30. The number of nitrogens with zero attached hydrogens (tertiary/aromatic N) is 2. The van der Waals surface area contributed by atoms with Gasteiger partial charge >= 0.3 is 0 Å². The molecule has 0 atom stereocenters. The molecule has 4 nitrogen and oxygen atoms in total. The number of carbonyl (C=O) groups excluding carboxylic acids is 1. The molecule has 21 heavy (non-hydrogen) atoms. The van der Waals surface area contributed by atoms with Gasteiger partial charge in [-0.25, -0.2) is 4.98 Å². The highest BCUT2D eigenvalue weighted by atomic mass is 16.1. The molecule has 0 bridgehead atoms. The van der Waals surface area contributed by atoms with E-state index in [4.69, 9.17) is 4.98 Å².